The number of nitrogens with one attached hydrogen (secondary N) is 1. The maximum Gasteiger partial charge on any atom is 0.274 e. The van der Waals surface area contributed by atoms with E-state index in [-0.39, 0.29) is 15.9 Å². The number of anilines is 1. The number of carbonyl (C=O) groups is 1. The first-order valence-corrected chi connectivity index (χ1v) is 11.3. The molecule has 3 rings (SSSR count). The summed E-state index contributed by atoms with van der Waals surface area (Å²) in [6.45, 7) is 3.39. The number of halogens is 1. The molecule has 5 nitrogen and oxygen atoms in total. The number of rotatable bonds is 7. The van der Waals surface area contributed by atoms with Crippen LogP contribution in [-0.4, -0.2) is 20.9 Å². The minimum atomic E-state index is -3.96. The number of sulfonamides is 1. The van der Waals surface area contributed by atoms with E-state index < -0.39 is 28.3 Å². The Labute approximate surface area is 173 Å². The van der Waals surface area contributed by atoms with Gasteiger partial charge in [-0.1, -0.05) is 35.9 Å². The second kappa shape index (κ2) is 8.75. The molecular weight excluding hydrogens is 411 g/mol. The second-order valence-electron chi connectivity index (χ2n) is 6.62. The number of amides is 1. The lowest BCUT2D eigenvalue weighted by molar-refractivity contribution is -0.120. The number of carbonyl (C=O) groups excluding carboxylic acids is 1. The van der Waals surface area contributed by atoms with Gasteiger partial charge in [-0.15, -0.1) is 11.3 Å². The number of thiophene rings is 1. The van der Waals surface area contributed by atoms with Crippen molar-refractivity contribution in [1.82, 2.24) is 5.32 Å². The van der Waals surface area contributed by atoms with Gasteiger partial charge in [0.25, 0.3) is 10.0 Å². The summed E-state index contributed by atoms with van der Waals surface area (Å²) in [6, 6.07) is 15.6. The average molecular weight is 433 g/mol. The minimum absolute atomic E-state index is 0.112. The molecule has 1 atom stereocenters. The molecular formula is C21H21FN2O3S2. The van der Waals surface area contributed by atoms with Crippen molar-refractivity contribution in [3.8, 4) is 0 Å². The van der Waals surface area contributed by atoms with Crippen molar-refractivity contribution in [2.75, 3.05) is 10.8 Å². The molecule has 8 heteroatoms. The second-order valence-corrected chi connectivity index (χ2v) is 9.66. The van der Waals surface area contributed by atoms with Gasteiger partial charge in [0.1, 0.15) is 16.6 Å². The van der Waals surface area contributed by atoms with Gasteiger partial charge in [-0.25, -0.2) is 12.8 Å². The first kappa shape index (κ1) is 21.0. The van der Waals surface area contributed by atoms with E-state index in [0.29, 0.717) is 0 Å². The highest BCUT2D eigenvalue weighted by atomic mass is 32.2. The highest BCUT2D eigenvalue weighted by molar-refractivity contribution is 7.94. The van der Waals surface area contributed by atoms with E-state index in [1.54, 1.807) is 11.4 Å². The van der Waals surface area contributed by atoms with Crippen molar-refractivity contribution in [3.05, 3.63) is 83.0 Å². The van der Waals surface area contributed by atoms with Crippen LogP contribution in [0.4, 0.5) is 10.1 Å². The number of benzene rings is 2. The SMILES string of the molecule is Cc1ccc([C@H](C)NC(=O)CN(c2ccc(F)cc2)S(=O)(=O)c2cccs2)cc1. The Bertz CT molecular complexity index is 1060. The molecule has 3 aromatic rings. The van der Waals surface area contributed by atoms with Crippen LogP contribution in [0.3, 0.4) is 0 Å². The molecule has 0 bridgehead atoms. The molecule has 1 amide bonds. The van der Waals surface area contributed by atoms with Crippen molar-refractivity contribution in [2.45, 2.75) is 24.1 Å². The maximum absolute atomic E-state index is 13.3. The van der Waals surface area contributed by atoms with Gasteiger partial charge in [0.15, 0.2) is 0 Å². The molecule has 1 heterocycles. The Hall–Kier alpha value is -2.71. The highest BCUT2D eigenvalue weighted by Crippen LogP contribution is 2.26. The lowest BCUT2D eigenvalue weighted by atomic mass is 10.1. The minimum Gasteiger partial charge on any atom is -0.348 e. The Balaban J connectivity index is 1.84. The molecule has 152 valence electrons. The van der Waals surface area contributed by atoms with Gasteiger partial charge in [0, 0.05) is 0 Å². The summed E-state index contributed by atoms with van der Waals surface area (Å²) in [5.74, 6) is -0.942. The van der Waals surface area contributed by atoms with Crippen LogP contribution in [0.5, 0.6) is 0 Å². The van der Waals surface area contributed by atoms with Crippen LogP contribution in [-0.2, 0) is 14.8 Å². The molecule has 0 aliphatic rings. The largest absolute Gasteiger partial charge is 0.348 e. The van der Waals surface area contributed by atoms with Crippen molar-refractivity contribution in [2.24, 2.45) is 0 Å². The van der Waals surface area contributed by atoms with Crippen LogP contribution < -0.4 is 9.62 Å². The molecule has 1 aromatic heterocycles. The molecule has 0 aliphatic heterocycles. The van der Waals surface area contributed by atoms with Crippen LogP contribution >= 0.6 is 11.3 Å². The van der Waals surface area contributed by atoms with Gasteiger partial charge in [0.2, 0.25) is 5.91 Å². The lowest BCUT2D eigenvalue weighted by Crippen LogP contribution is -2.41. The summed E-state index contributed by atoms with van der Waals surface area (Å²) in [5.41, 5.74) is 2.24. The monoisotopic (exact) mass is 432 g/mol. The number of aryl methyl sites for hydroxylation is 1. The molecule has 0 saturated heterocycles. The van der Waals surface area contributed by atoms with E-state index in [2.05, 4.69) is 5.32 Å². The van der Waals surface area contributed by atoms with Crippen molar-refractivity contribution in [1.29, 1.82) is 0 Å². The van der Waals surface area contributed by atoms with Gasteiger partial charge in [-0.3, -0.25) is 9.10 Å². The fourth-order valence-electron chi connectivity index (χ4n) is 2.80. The summed E-state index contributed by atoms with van der Waals surface area (Å²) in [6.07, 6.45) is 0. The van der Waals surface area contributed by atoms with E-state index >= 15 is 0 Å². The fourth-order valence-corrected chi connectivity index (χ4v) is 5.32. The van der Waals surface area contributed by atoms with Crippen LogP contribution in [0.25, 0.3) is 0 Å². The molecule has 0 aliphatic carbocycles. The fraction of sp³-hybridized carbons (Fsp3) is 0.190. The van der Waals surface area contributed by atoms with E-state index in [9.17, 15) is 17.6 Å². The molecule has 0 fully saturated rings. The van der Waals surface area contributed by atoms with Gasteiger partial charge in [0.05, 0.1) is 11.7 Å². The smallest absolute Gasteiger partial charge is 0.274 e. The van der Waals surface area contributed by atoms with E-state index in [1.165, 1.54) is 30.3 Å². The average Bonchev–Trinajstić information content (AvgIpc) is 3.23. The van der Waals surface area contributed by atoms with Crippen LogP contribution in [0.15, 0.2) is 70.3 Å². The first-order valence-electron chi connectivity index (χ1n) is 8.95. The molecule has 0 radical (unpaired) electrons. The first-order chi connectivity index (χ1) is 13.8. The van der Waals surface area contributed by atoms with Gasteiger partial charge < -0.3 is 5.32 Å². The predicted octanol–water partition coefficient (Wildman–Crippen LogP) is 4.27. The highest BCUT2D eigenvalue weighted by Gasteiger charge is 2.28. The summed E-state index contributed by atoms with van der Waals surface area (Å²) in [4.78, 5) is 12.7. The van der Waals surface area contributed by atoms with Gasteiger partial charge in [-0.05, 0) is 55.1 Å². The lowest BCUT2D eigenvalue weighted by Gasteiger charge is -2.24. The summed E-state index contributed by atoms with van der Waals surface area (Å²) in [5, 5.41) is 4.48. The summed E-state index contributed by atoms with van der Waals surface area (Å²) < 4.78 is 40.6. The maximum atomic E-state index is 13.3. The van der Waals surface area contributed by atoms with Crippen LogP contribution in [0.1, 0.15) is 24.1 Å². The number of hydrogen-bond acceptors (Lipinski definition) is 4. The zero-order valence-corrected chi connectivity index (χ0v) is 17.6. The topological polar surface area (TPSA) is 66.5 Å². The molecule has 29 heavy (non-hydrogen) atoms. The predicted molar refractivity (Wildman–Crippen MR) is 113 cm³/mol. The Morgan fingerprint density at radius 3 is 2.34 bits per heavy atom. The number of hydrogen-bond donors (Lipinski definition) is 1. The normalized spacial score (nSPS) is 12.4. The van der Waals surface area contributed by atoms with Gasteiger partial charge in [-0.2, -0.15) is 0 Å². The number of nitrogens with zero attached hydrogens (tertiary/aromatic N) is 1. The van der Waals surface area contributed by atoms with Crippen molar-refractivity contribution >= 4 is 33.0 Å². The third-order valence-corrected chi connectivity index (χ3v) is 7.54. The van der Waals surface area contributed by atoms with Crippen LogP contribution in [0, 0.1) is 12.7 Å². The molecule has 0 saturated carbocycles. The Kier molecular flexibility index (Phi) is 6.34. The quantitative estimate of drug-likeness (QED) is 0.606. The van der Waals surface area contributed by atoms with Gasteiger partial charge >= 0.3 is 0 Å². The molecule has 1 N–H and O–H groups in total. The molecule has 0 spiro atoms. The van der Waals surface area contributed by atoms with Crippen molar-refractivity contribution in [3.63, 3.8) is 0 Å². The van der Waals surface area contributed by atoms with Crippen LogP contribution in [0.2, 0.25) is 0 Å². The van der Waals surface area contributed by atoms with E-state index in [4.69, 9.17) is 0 Å². The third kappa shape index (κ3) is 5.02. The van der Waals surface area contributed by atoms with Crippen molar-refractivity contribution < 1.29 is 17.6 Å². The standard InChI is InChI=1S/C21H21FN2O3S2/c1-15-5-7-17(8-6-15)16(2)23-20(25)14-24(19-11-9-18(22)10-12-19)29(26,27)21-4-3-13-28-21/h3-13,16H,14H2,1-2H3,(H,23,25)/t16-/m0/s1. The zero-order valence-electron chi connectivity index (χ0n) is 16.0. The Morgan fingerprint density at radius 2 is 1.76 bits per heavy atom. The molecule has 0 unspecified atom stereocenters. The van der Waals surface area contributed by atoms with E-state index in [1.807, 2.05) is 38.1 Å². The molecule has 2 aromatic carbocycles. The Morgan fingerprint density at radius 1 is 1.10 bits per heavy atom. The summed E-state index contributed by atoms with van der Waals surface area (Å²) in [7, 11) is -3.96. The summed E-state index contributed by atoms with van der Waals surface area (Å²) >= 11 is 1.06. The third-order valence-electron chi connectivity index (χ3n) is 4.40. The zero-order chi connectivity index (χ0) is 21.0. The van der Waals surface area contributed by atoms with E-state index in [0.717, 1.165) is 26.8 Å².